The second kappa shape index (κ2) is 5.63. The fraction of sp³-hybridized carbons (Fsp3) is 0.353. The standard InChI is InChI=1S/C17H20N2O/c1-18-10-5-8-16(17(18)20)15-9-11-19(13-15)12-14-6-3-2-4-7-14/h2-8,10,15H,9,11-13H2,1H3/t15-/m0/s1. The summed E-state index contributed by atoms with van der Waals surface area (Å²) >= 11 is 0. The van der Waals surface area contributed by atoms with Crippen molar-refractivity contribution >= 4 is 0 Å². The molecule has 20 heavy (non-hydrogen) atoms. The molecule has 0 unspecified atom stereocenters. The SMILES string of the molecule is Cn1cccc([C@H]2CCN(Cc3ccccc3)C2)c1=O. The van der Waals surface area contributed by atoms with Crippen molar-refractivity contribution in [1.82, 2.24) is 9.47 Å². The number of aromatic nitrogens is 1. The Bertz CT molecular complexity index is 633. The second-order valence-electron chi connectivity index (χ2n) is 5.59. The van der Waals surface area contributed by atoms with Gasteiger partial charge in [-0.3, -0.25) is 9.69 Å². The van der Waals surface area contributed by atoms with Crippen molar-refractivity contribution < 1.29 is 0 Å². The van der Waals surface area contributed by atoms with Crippen molar-refractivity contribution in [2.75, 3.05) is 13.1 Å². The van der Waals surface area contributed by atoms with E-state index in [4.69, 9.17) is 0 Å². The van der Waals surface area contributed by atoms with Crippen LogP contribution in [0.2, 0.25) is 0 Å². The van der Waals surface area contributed by atoms with Crippen LogP contribution in [0.4, 0.5) is 0 Å². The Kier molecular flexibility index (Phi) is 3.70. The molecule has 2 heterocycles. The molecule has 1 aliphatic heterocycles. The van der Waals surface area contributed by atoms with E-state index in [0.29, 0.717) is 5.92 Å². The Balaban J connectivity index is 1.71. The van der Waals surface area contributed by atoms with Crippen LogP contribution in [0.1, 0.15) is 23.5 Å². The molecule has 0 bridgehead atoms. The van der Waals surface area contributed by atoms with Gasteiger partial charge in [0, 0.05) is 37.8 Å². The summed E-state index contributed by atoms with van der Waals surface area (Å²) in [4.78, 5) is 14.6. The Morgan fingerprint density at radius 3 is 2.75 bits per heavy atom. The number of likely N-dealkylation sites (tertiary alicyclic amines) is 1. The number of hydrogen-bond donors (Lipinski definition) is 0. The zero-order chi connectivity index (χ0) is 13.9. The van der Waals surface area contributed by atoms with E-state index in [0.717, 1.165) is 31.6 Å². The minimum absolute atomic E-state index is 0.152. The average Bonchev–Trinajstić information content (AvgIpc) is 2.91. The minimum Gasteiger partial charge on any atom is -0.318 e. The maximum absolute atomic E-state index is 12.2. The van der Waals surface area contributed by atoms with Crippen LogP contribution < -0.4 is 5.56 Å². The maximum atomic E-state index is 12.2. The molecule has 3 nitrogen and oxygen atoms in total. The van der Waals surface area contributed by atoms with Crippen molar-refractivity contribution in [3.63, 3.8) is 0 Å². The first-order valence-corrected chi connectivity index (χ1v) is 7.16. The smallest absolute Gasteiger partial charge is 0.253 e. The molecule has 1 saturated heterocycles. The highest BCUT2D eigenvalue weighted by molar-refractivity contribution is 5.19. The third-order valence-electron chi connectivity index (χ3n) is 4.11. The molecule has 1 aromatic heterocycles. The van der Waals surface area contributed by atoms with Crippen LogP contribution in [0.5, 0.6) is 0 Å². The largest absolute Gasteiger partial charge is 0.318 e. The van der Waals surface area contributed by atoms with Crippen LogP contribution in [-0.4, -0.2) is 22.6 Å². The molecule has 1 aromatic carbocycles. The van der Waals surface area contributed by atoms with Crippen molar-refractivity contribution in [2.45, 2.75) is 18.9 Å². The Labute approximate surface area is 119 Å². The third kappa shape index (κ3) is 2.68. The van der Waals surface area contributed by atoms with Crippen LogP contribution in [0.15, 0.2) is 53.5 Å². The van der Waals surface area contributed by atoms with E-state index >= 15 is 0 Å². The lowest BCUT2D eigenvalue weighted by molar-refractivity contribution is 0.326. The number of pyridine rings is 1. The quantitative estimate of drug-likeness (QED) is 0.854. The lowest BCUT2D eigenvalue weighted by Crippen LogP contribution is -2.24. The molecule has 0 radical (unpaired) electrons. The number of nitrogens with zero attached hydrogens (tertiary/aromatic N) is 2. The van der Waals surface area contributed by atoms with E-state index in [1.165, 1.54) is 5.56 Å². The molecule has 3 heteroatoms. The summed E-state index contributed by atoms with van der Waals surface area (Å²) in [6, 6.07) is 14.5. The normalized spacial score (nSPS) is 19.4. The molecule has 1 aliphatic rings. The Morgan fingerprint density at radius 2 is 1.95 bits per heavy atom. The highest BCUT2D eigenvalue weighted by Crippen LogP contribution is 2.25. The number of hydrogen-bond acceptors (Lipinski definition) is 2. The first-order valence-electron chi connectivity index (χ1n) is 7.16. The molecule has 1 atom stereocenters. The van der Waals surface area contributed by atoms with Gasteiger partial charge in [-0.25, -0.2) is 0 Å². The van der Waals surface area contributed by atoms with Gasteiger partial charge in [0.1, 0.15) is 0 Å². The van der Waals surface area contributed by atoms with Crippen LogP contribution in [0, 0.1) is 0 Å². The number of aryl methyl sites for hydroxylation is 1. The first kappa shape index (κ1) is 13.1. The molecule has 1 fully saturated rings. The zero-order valence-electron chi connectivity index (χ0n) is 11.8. The molecular formula is C17H20N2O. The summed E-state index contributed by atoms with van der Waals surface area (Å²) in [5.74, 6) is 0.374. The first-order chi connectivity index (χ1) is 9.74. The van der Waals surface area contributed by atoms with Gasteiger partial charge >= 0.3 is 0 Å². The van der Waals surface area contributed by atoms with E-state index in [-0.39, 0.29) is 5.56 Å². The molecule has 104 valence electrons. The predicted octanol–water partition coefficient (Wildman–Crippen LogP) is 2.37. The minimum atomic E-state index is 0.152. The van der Waals surface area contributed by atoms with Crippen LogP contribution >= 0.6 is 0 Å². The summed E-state index contributed by atoms with van der Waals surface area (Å²) in [6.45, 7) is 3.02. The summed E-state index contributed by atoms with van der Waals surface area (Å²) in [5.41, 5.74) is 2.46. The molecule has 2 aromatic rings. The van der Waals surface area contributed by atoms with E-state index in [1.807, 2.05) is 31.4 Å². The van der Waals surface area contributed by atoms with Gasteiger partial charge in [0.2, 0.25) is 0 Å². The Hall–Kier alpha value is -1.87. The number of rotatable bonds is 3. The highest BCUT2D eigenvalue weighted by atomic mass is 16.1. The van der Waals surface area contributed by atoms with Gasteiger partial charge < -0.3 is 4.57 Å². The van der Waals surface area contributed by atoms with Gasteiger partial charge in [-0.1, -0.05) is 36.4 Å². The fourth-order valence-electron chi connectivity index (χ4n) is 3.00. The predicted molar refractivity (Wildman–Crippen MR) is 80.8 cm³/mol. The second-order valence-corrected chi connectivity index (χ2v) is 5.59. The molecular weight excluding hydrogens is 248 g/mol. The summed E-state index contributed by atoms with van der Waals surface area (Å²) in [6.07, 6.45) is 2.90. The third-order valence-corrected chi connectivity index (χ3v) is 4.11. The molecule has 0 amide bonds. The van der Waals surface area contributed by atoms with E-state index in [1.54, 1.807) is 4.57 Å². The molecule has 0 saturated carbocycles. The summed E-state index contributed by atoms with van der Waals surface area (Å²) < 4.78 is 1.68. The zero-order valence-corrected chi connectivity index (χ0v) is 11.8. The van der Waals surface area contributed by atoms with Crippen LogP contribution in [0.3, 0.4) is 0 Å². The van der Waals surface area contributed by atoms with Gasteiger partial charge in [0.15, 0.2) is 0 Å². The fourth-order valence-corrected chi connectivity index (χ4v) is 3.00. The maximum Gasteiger partial charge on any atom is 0.253 e. The molecule has 0 aliphatic carbocycles. The van der Waals surface area contributed by atoms with E-state index in [9.17, 15) is 4.79 Å². The lowest BCUT2D eigenvalue weighted by atomic mass is 10.00. The molecule has 3 rings (SSSR count). The van der Waals surface area contributed by atoms with Gasteiger partial charge in [-0.2, -0.15) is 0 Å². The van der Waals surface area contributed by atoms with E-state index in [2.05, 4.69) is 29.2 Å². The lowest BCUT2D eigenvalue weighted by Gasteiger charge is -2.16. The summed E-state index contributed by atoms with van der Waals surface area (Å²) in [5, 5.41) is 0. The average molecular weight is 268 g/mol. The van der Waals surface area contributed by atoms with Crippen LogP contribution in [-0.2, 0) is 13.6 Å². The number of benzene rings is 1. The topological polar surface area (TPSA) is 25.2 Å². The van der Waals surface area contributed by atoms with Crippen molar-refractivity contribution in [3.05, 3.63) is 70.1 Å². The Morgan fingerprint density at radius 1 is 1.15 bits per heavy atom. The van der Waals surface area contributed by atoms with Crippen molar-refractivity contribution in [3.8, 4) is 0 Å². The highest BCUT2D eigenvalue weighted by Gasteiger charge is 2.25. The summed E-state index contributed by atoms with van der Waals surface area (Å²) in [7, 11) is 1.82. The van der Waals surface area contributed by atoms with Gasteiger partial charge in [0.25, 0.3) is 5.56 Å². The van der Waals surface area contributed by atoms with Crippen LogP contribution in [0.25, 0.3) is 0 Å². The van der Waals surface area contributed by atoms with Gasteiger partial charge in [-0.05, 0) is 24.6 Å². The molecule has 0 N–H and O–H groups in total. The van der Waals surface area contributed by atoms with Gasteiger partial charge in [-0.15, -0.1) is 0 Å². The van der Waals surface area contributed by atoms with E-state index < -0.39 is 0 Å². The molecule has 0 spiro atoms. The van der Waals surface area contributed by atoms with Crippen molar-refractivity contribution in [1.29, 1.82) is 0 Å². The van der Waals surface area contributed by atoms with Gasteiger partial charge in [0.05, 0.1) is 0 Å². The monoisotopic (exact) mass is 268 g/mol. The van der Waals surface area contributed by atoms with Crippen molar-refractivity contribution in [2.24, 2.45) is 7.05 Å².